The Bertz CT molecular complexity index is 797. The Morgan fingerprint density at radius 1 is 1.24 bits per heavy atom. The van der Waals surface area contributed by atoms with E-state index in [4.69, 9.17) is 9.15 Å². The van der Waals surface area contributed by atoms with Crippen molar-refractivity contribution in [1.82, 2.24) is 5.32 Å². The molecule has 0 spiro atoms. The third-order valence-corrected chi connectivity index (χ3v) is 2.92. The minimum Gasteiger partial charge on any atom is -0.452 e. The summed E-state index contributed by atoms with van der Waals surface area (Å²) in [7, 11) is 0. The smallest absolute Gasteiger partial charge is 0.433 e. The van der Waals surface area contributed by atoms with Crippen LogP contribution in [0.25, 0.3) is 6.08 Å². The summed E-state index contributed by atoms with van der Waals surface area (Å²) >= 11 is 0. The molecule has 130 valence electrons. The number of nitro groups is 1. The second-order valence-electron chi connectivity index (χ2n) is 4.78. The highest BCUT2D eigenvalue weighted by Crippen LogP contribution is 2.16. The van der Waals surface area contributed by atoms with Crippen LogP contribution in [-0.2, 0) is 20.9 Å². The average Bonchev–Trinajstić information content (AvgIpc) is 3.07. The first-order valence-electron chi connectivity index (χ1n) is 7.04. The fourth-order valence-electron chi connectivity index (χ4n) is 1.72. The molecule has 1 heterocycles. The number of esters is 1. The maximum absolute atomic E-state index is 12.7. The van der Waals surface area contributed by atoms with E-state index in [1.807, 2.05) is 0 Å². The molecule has 0 radical (unpaired) electrons. The van der Waals surface area contributed by atoms with Crippen molar-refractivity contribution in [2.24, 2.45) is 0 Å². The molecule has 0 bridgehead atoms. The maximum Gasteiger partial charge on any atom is 0.433 e. The molecule has 25 heavy (non-hydrogen) atoms. The van der Waals surface area contributed by atoms with Gasteiger partial charge < -0.3 is 14.5 Å². The molecule has 8 nitrogen and oxygen atoms in total. The van der Waals surface area contributed by atoms with Gasteiger partial charge in [0.1, 0.15) is 16.5 Å². The second-order valence-corrected chi connectivity index (χ2v) is 4.78. The predicted octanol–water partition coefficient (Wildman–Crippen LogP) is 2.20. The van der Waals surface area contributed by atoms with Crippen molar-refractivity contribution in [3.05, 3.63) is 69.7 Å². The number of hydrogen-bond donors (Lipinski definition) is 1. The van der Waals surface area contributed by atoms with Crippen molar-refractivity contribution in [3.63, 3.8) is 0 Å². The van der Waals surface area contributed by atoms with Crippen molar-refractivity contribution in [3.8, 4) is 0 Å². The summed E-state index contributed by atoms with van der Waals surface area (Å²) in [5.41, 5.74) is 0.695. The Kier molecular flexibility index (Phi) is 5.99. The highest BCUT2D eigenvalue weighted by atomic mass is 19.1. The molecule has 1 aromatic carbocycles. The first-order chi connectivity index (χ1) is 11.9. The summed E-state index contributed by atoms with van der Waals surface area (Å²) in [5, 5.41) is 13.0. The first kappa shape index (κ1) is 17.9. The number of hydrogen-bond acceptors (Lipinski definition) is 6. The predicted molar refractivity (Wildman–Crippen MR) is 83.6 cm³/mol. The first-order valence-corrected chi connectivity index (χ1v) is 7.04. The highest BCUT2D eigenvalue weighted by molar-refractivity contribution is 5.88. The quantitative estimate of drug-likeness (QED) is 0.355. The number of carbonyl (C=O) groups is 2. The van der Waals surface area contributed by atoms with Crippen molar-refractivity contribution in [2.75, 3.05) is 6.61 Å². The topological polar surface area (TPSA) is 112 Å². The molecule has 0 aliphatic carbocycles. The van der Waals surface area contributed by atoms with Crippen LogP contribution in [0.3, 0.4) is 0 Å². The number of carbonyl (C=O) groups excluding carboxylic acids is 2. The summed E-state index contributed by atoms with van der Waals surface area (Å²) < 4.78 is 22.3. The average molecular weight is 348 g/mol. The van der Waals surface area contributed by atoms with E-state index in [0.29, 0.717) is 5.56 Å². The summed E-state index contributed by atoms with van der Waals surface area (Å²) in [6, 6.07) is 8.04. The molecule has 0 atom stereocenters. The zero-order chi connectivity index (χ0) is 18.2. The van der Waals surface area contributed by atoms with Gasteiger partial charge in [0.25, 0.3) is 5.91 Å². The number of furan rings is 1. The summed E-state index contributed by atoms with van der Waals surface area (Å²) in [6.45, 7) is -0.328. The van der Waals surface area contributed by atoms with Gasteiger partial charge in [-0.3, -0.25) is 14.9 Å². The van der Waals surface area contributed by atoms with E-state index < -0.39 is 29.3 Å². The summed E-state index contributed by atoms with van der Waals surface area (Å²) in [6.07, 6.45) is 2.17. The minimum absolute atomic E-state index is 0.101. The number of halogens is 1. The van der Waals surface area contributed by atoms with E-state index in [9.17, 15) is 24.1 Å². The van der Waals surface area contributed by atoms with E-state index in [1.165, 1.54) is 36.4 Å². The third-order valence-electron chi connectivity index (χ3n) is 2.92. The molecule has 0 aliphatic rings. The van der Waals surface area contributed by atoms with E-state index in [1.54, 1.807) is 0 Å². The minimum atomic E-state index is -0.809. The van der Waals surface area contributed by atoms with Gasteiger partial charge in [-0.1, -0.05) is 12.1 Å². The van der Waals surface area contributed by atoms with Crippen LogP contribution in [0.1, 0.15) is 11.3 Å². The van der Waals surface area contributed by atoms with E-state index in [0.717, 1.165) is 12.1 Å². The molecule has 9 heteroatoms. The normalized spacial score (nSPS) is 10.6. The number of amides is 1. The molecule has 1 amide bonds. The molecular formula is C16H13FN2O6. The van der Waals surface area contributed by atoms with Gasteiger partial charge in [0, 0.05) is 12.6 Å². The number of nitrogens with one attached hydrogen (secondary N) is 1. The lowest BCUT2D eigenvalue weighted by molar-refractivity contribution is -0.402. The zero-order valence-electron chi connectivity index (χ0n) is 12.8. The van der Waals surface area contributed by atoms with Crippen LogP contribution in [0.4, 0.5) is 10.3 Å². The van der Waals surface area contributed by atoms with Gasteiger partial charge in [0.2, 0.25) is 0 Å². The molecule has 1 aromatic heterocycles. The lowest BCUT2D eigenvalue weighted by Crippen LogP contribution is -2.28. The largest absolute Gasteiger partial charge is 0.452 e. The van der Waals surface area contributed by atoms with Gasteiger partial charge in [0.05, 0.1) is 6.07 Å². The Balaban J connectivity index is 1.73. The van der Waals surface area contributed by atoms with Crippen LogP contribution in [0.15, 0.2) is 46.9 Å². The Morgan fingerprint density at radius 2 is 1.96 bits per heavy atom. The third kappa shape index (κ3) is 5.90. The van der Waals surface area contributed by atoms with Gasteiger partial charge >= 0.3 is 11.9 Å². The number of ether oxygens (including phenoxy) is 1. The lowest BCUT2D eigenvalue weighted by atomic mass is 10.2. The maximum atomic E-state index is 12.7. The van der Waals surface area contributed by atoms with E-state index in [-0.39, 0.29) is 18.1 Å². The standard InChI is InChI=1S/C16H13FN2O6/c17-12-3-1-11(2-4-12)9-18-14(20)10-24-16(21)8-6-13-5-7-15(25-13)19(22)23/h1-8H,9-10H2,(H,18,20)/b8-6+. The molecular weight excluding hydrogens is 335 g/mol. The lowest BCUT2D eigenvalue weighted by Gasteiger charge is -2.05. The van der Waals surface area contributed by atoms with Crippen molar-refractivity contribution in [2.45, 2.75) is 6.54 Å². The second kappa shape index (κ2) is 8.39. The number of rotatable bonds is 7. The van der Waals surface area contributed by atoms with Gasteiger partial charge in [-0.05, 0) is 29.8 Å². The van der Waals surface area contributed by atoms with E-state index >= 15 is 0 Å². The summed E-state index contributed by atoms with van der Waals surface area (Å²) in [4.78, 5) is 32.8. The molecule has 1 N–H and O–H groups in total. The van der Waals surface area contributed by atoms with Crippen molar-refractivity contribution in [1.29, 1.82) is 0 Å². The summed E-state index contributed by atoms with van der Waals surface area (Å²) in [5.74, 6) is -2.06. The number of benzene rings is 1. The zero-order valence-corrected chi connectivity index (χ0v) is 12.8. The Morgan fingerprint density at radius 3 is 2.60 bits per heavy atom. The molecule has 0 aliphatic heterocycles. The molecule has 0 saturated carbocycles. The SMILES string of the molecule is O=C(COC(=O)/C=C/c1ccc([N+](=O)[O-])o1)NCc1ccc(F)cc1. The van der Waals surface area contributed by atoms with Gasteiger partial charge in [0.15, 0.2) is 6.61 Å². The van der Waals surface area contributed by atoms with Gasteiger partial charge in [-0.2, -0.15) is 0 Å². The van der Waals surface area contributed by atoms with Crippen LogP contribution < -0.4 is 5.32 Å². The van der Waals surface area contributed by atoms with Crippen LogP contribution in [0.5, 0.6) is 0 Å². The molecule has 0 saturated heterocycles. The van der Waals surface area contributed by atoms with E-state index in [2.05, 4.69) is 5.32 Å². The van der Waals surface area contributed by atoms with Crippen LogP contribution in [0, 0.1) is 15.9 Å². The Hall–Kier alpha value is -3.49. The van der Waals surface area contributed by atoms with Crippen molar-refractivity contribution < 1.29 is 28.1 Å². The fraction of sp³-hybridized carbons (Fsp3) is 0.125. The number of nitrogens with zero attached hydrogens (tertiary/aromatic N) is 1. The molecule has 0 unspecified atom stereocenters. The fourth-order valence-corrected chi connectivity index (χ4v) is 1.72. The van der Waals surface area contributed by atoms with Crippen molar-refractivity contribution >= 4 is 23.8 Å². The van der Waals surface area contributed by atoms with Gasteiger partial charge in [-0.15, -0.1) is 0 Å². The van der Waals surface area contributed by atoms with Crippen LogP contribution >= 0.6 is 0 Å². The highest BCUT2D eigenvalue weighted by Gasteiger charge is 2.10. The molecule has 0 fully saturated rings. The molecule has 2 rings (SSSR count). The Labute approximate surface area is 141 Å². The van der Waals surface area contributed by atoms with Gasteiger partial charge in [-0.25, -0.2) is 9.18 Å². The van der Waals surface area contributed by atoms with Crippen LogP contribution in [-0.4, -0.2) is 23.4 Å². The monoisotopic (exact) mass is 348 g/mol. The molecule has 2 aromatic rings. The van der Waals surface area contributed by atoms with Crippen LogP contribution in [0.2, 0.25) is 0 Å².